The van der Waals surface area contributed by atoms with E-state index in [0.717, 1.165) is 41.4 Å². The van der Waals surface area contributed by atoms with Crippen molar-refractivity contribution in [1.82, 2.24) is 4.98 Å². The first kappa shape index (κ1) is 20.4. The molecule has 29 heavy (non-hydrogen) atoms. The number of nitrogens with one attached hydrogen (secondary N) is 1. The first-order valence-corrected chi connectivity index (χ1v) is 9.95. The van der Waals surface area contributed by atoms with E-state index in [9.17, 15) is 4.79 Å². The van der Waals surface area contributed by atoms with Gasteiger partial charge in [-0.3, -0.25) is 9.78 Å². The zero-order chi connectivity index (χ0) is 20.8. The van der Waals surface area contributed by atoms with Gasteiger partial charge in [-0.2, -0.15) is 0 Å². The molecule has 0 bridgehead atoms. The number of nitrogens with zero attached hydrogens (tertiary/aromatic N) is 3. The second-order valence-corrected chi connectivity index (χ2v) is 6.92. The Labute approximate surface area is 173 Å². The Morgan fingerprint density at radius 1 is 0.931 bits per heavy atom. The molecule has 3 rings (SSSR count). The zero-order valence-corrected chi connectivity index (χ0v) is 17.5. The van der Waals surface area contributed by atoms with E-state index in [2.05, 4.69) is 35.1 Å². The van der Waals surface area contributed by atoms with Crippen molar-refractivity contribution in [3.8, 4) is 0 Å². The van der Waals surface area contributed by atoms with Gasteiger partial charge in [-0.1, -0.05) is 18.2 Å². The van der Waals surface area contributed by atoms with E-state index >= 15 is 0 Å². The van der Waals surface area contributed by atoms with Crippen molar-refractivity contribution in [2.45, 2.75) is 20.8 Å². The SMILES string of the molecule is CCN(CC)c1ccc(NC(=O)c2cc(N(C)c3ccccc3)ccn2)c(C)c1. The van der Waals surface area contributed by atoms with Crippen molar-refractivity contribution in [3.05, 3.63) is 78.1 Å². The molecule has 1 heterocycles. The Kier molecular flexibility index (Phi) is 6.50. The lowest BCUT2D eigenvalue weighted by molar-refractivity contribution is 0.102. The zero-order valence-electron chi connectivity index (χ0n) is 17.5. The summed E-state index contributed by atoms with van der Waals surface area (Å²) in [5.41, 5.74) is 5.33. The molecule has 0 atom stereocenters. The summed E-state index contributed by atoms with van der Waals surface area (Å²) >= 11 is 0. The fraction of sp³-hybridized carbons (Fsp3) is 0.250. The molecule has 0 aliphatic carbocycles. The van der Waals surface area contributed by atoms with Gasteiger partial charge in [0.15, 0.2) is 0 Å². The lowest BCUT2D eigenvalue weighted by Crippen LogP contribution is -2.22. The number of aryl methyl sites for hydroxylation is 1. The minimum absolute atomic E-state index is 0.216. The number of para-hydroxylation sites is 1. The molecule has 0 unspecified atom stereocenters. The fourth-order valence-electron chi connectivity index (χ4n) is 3.31. The fourth-order valence-corrected chi connectivity index (χ4v) is 3.31. The average molecular weight is 389 g/mol. The van der Waals surface area contributed by atoms with Crippen molar-refractivity contribution < 1.29 is 4.79 Å². The van der Waals surface area contributed by atoms with E-state index in [1.54, 1.807) is 6.20 Å². The molecule has 150 valence electrons. The third kappa shape index (κ3) is 4.74. The molecule has 3 aromatic rings. The van der Waals surface area contributed by atoms with Crippen LogP contribution in [0.5, 0.6) is 0 Å². The maximum Gasteiger partial charge on any atom is 0.274 e. The Balaban J connectivity index is 1.78. The van der Waals surface area contributed by atoms with Crippen molar-refractivity contribution in [2.75, 3.05) is 35.3 Å². The summed E-state index contributed by atoms with van der Waals surface area (Å²) in [4.78, 5) is 21.4. The smallest absolute Gasteiger partial charge is 0.274 e. The van der Waals surface area contributed by atoms with E-state index in [1.165, 1.54) is 0 Å². The highest BCUT2D eigenvalue weighted by Gasteiger charge is 2.13. The predicted molar refractivity (Wildman–Crippen MR) is 121 cm³/mol. The number of hydrogen-bond acceptors (Lipinski definition) is 4. The molecule has 0 spiro atoms. The molecule has 1 N–H and O–H groups in total. The number of pyridine rings is 1. The second-order valence-electron chi connectivity index (χ2n) is 6.92. The second kappa shape index (κ2) is 9.24. The highest BCUT2D eigenvalue weighted by atomic mass is 16.1. The minimum atomic E-state index is -0.216. The van der Waals surface area contributed by atoms with Crippen LogP contribution in [0.25, 0.3) is 0 Å². The molecule has 0 fully saturated rings. The van der Waals surface area contributed by atoms with Gasteiger partial charge in [0.1, 0.15) is 5.69 Å². The molecule has 5 heteroatoms. The molecule has 5 nitrogen and oxygen atoms in total. The van der Waals surface area contributed by atoms with Crippen molar-refractivity contribution in [3.63, 3.8) is 0 Å². The van der Waals surface area contributed by atoms with Crippen molar-refractivity contribution in [1.29, 1.82) is 0 Å². The quantitative estimate of drug-likeness (QED) is 0.600. The Bertz CT molecular complexity index is 968. The van der Waals surface area contributed by atoms with Gasteiger partial charge < -0.3 is 15.1 Å². The summed E-state index contributed by atoms with van der Waals surface area (Å²) in [6.07, 6.45) is 1.67. The van der Waals surface area contributed by atoms with Crippen LogP contribution in [0.2, 0.25) is 0 Å². The van der Waals surface area contributed by atoms with Crippen molar-refractivity contribution in [2.24, 2.45) is 0 Å². The van der Waals surface area contributed by atoms with Gasteiger partial charge in [-0.25, -0.2) is 0 Å². The normalized spacial score (nSPS) is 10.5. The van der Waals surface area contributed by atoms with Gasteiger partial charge in [-0.05, 0) is 68.8 Å². The maximum absolute atomic E-state index is 12.8. The number of hydrogen-bond donors (Lipinski definition) is 1. The summed E-state index contributed by atoms with van der Waals surface area (Å²) in [6.45, 7) is 8.19. The van der Waals surface area contributed by atoms with E-state index in [-0.39, 0.29) is 5.91 Å². The number of benzene rings is 2. The van der Waals surface area contributed by atoms with Crippen LogP contribution in [0.15, 0.2) is 66.9 Å². The molecule has 0 saturated carbocycles. The number of rotatable bonds is 7. The van der Waals surface area contributed by atoms with Gasteiger partial charge in [0.2, 0.25) is 0 Å². The summed E-state index contributed by atoms with van der Waals surface area (Å²) in [5, 5.41) is 3.00. The number of carbonyl (C=O) groups excluding carboxylic acids is 1. The van der Waals surface area contributed by atoms with Crippen LogP contribution >= 0.6 is 0 Å². The average Bonchev–Trinajstić information content (AvgIpc) is 2.76. The van der Waals surface area contributed by atoms with Crippen LogP contribution in [-0.4, -0.2) is 31.0 Å². The number of anilines is 4. The summed E-state index contributed by atoms with van der Waals surface area (Å²) in [7, 11) is 1.97. The van der Waals surface area contributed by atoms with E-state index in [4.69, 9.17) is 0 Å². The van der Waals surface area contributed by atoms with Crippen LogP contribution in [0.1, 0.15) is 29.9 Å². The topological polar surface area (TPSA) is 48.5 Å². The molecule has 1 aromatic heterocycles. The Morgan fingerprint density at radius 2 is 1.66 bits per heavy atom. The van der Waals surface area contributed by atoms with E-state index in [0.29, 0.717) is 5.69 Å². The molecule has 0 radical (unpaired) electrons. The first-order valence-electron chi connectivity index (χ1n) is 9.95. The lowest BCUT2D eigenvalue weighted by atomic mass is 10.1. The summed E-state index contributed by atoms with van der Waals surface area (Å²) in [6, 6.07) is 19.8. The molecular weight excluding hydrogens is 360 g/mol. The predicted octanol–water partition coefficient (Wildman–Crippen LogP) is 5.26. The van der Waals surface area contributed by atoms with Crippen LogP contribution in [0.4, 0.5) is 22.7 Å². The molecule has 1 amide bonds. The number of aromatic nitrogens is 1. The highest BCUT2D eigenvalue weighted by molar-refractivity contribution is 6.04. The number of carbonyl (C=O) groups is 1. The summed E-state index contributed by atoms with van der Waals surface area (Å²) < 4.78 is 0. The minimum Gasteiger partial charge on any atom is -0.372 e. The first-order chi connectivity index (χ1) is 14.0. The Morgan fingerprint density at radius 3 is 2.31 bits per heavy atom. The summed E-state index contributed by atoms with van der Waals surface area (Å²) in [5.74, 6) is -0.216. The standard InChI is InChI=1S/C24H28N4O/c1-5-28(6-2)21-12-13-22(18(3)16-21)26-24(29)23-17-20(14-15-25-23)27(4)19-10-8-7-9-11-19/h7-17H,5-6H2,1-4H3,(H,26,29). The van der Waals surface area contributed by atoms with Gasteiger partial charge in [-0.15, -0.1) is 0 Å². The van der Waals surface area contributed by atoms with Gasteiger partial charge in [0.25, 0.3) is 5.91 Å². The van der Waals surface area contributed by atoms with Gasteiger partial charge in [0, 0.05) is 49.1 Å². The molecule has 0 aliphatic heterocycles. The molecule has 0 aliphatic rings. The lowest BCUT2D eigenvalue weighted by Gasteiger charge is -2.22. The van der Waals surface area contributed by atoms with E-state index < -0.39 is 0 Å². The Hall–Kier alpha value is -3.34. The van der Waals surface area contributed by atoms with Crippen molar-refractivity contribution >= 4 is 28.7 Å². The van der Waals surface area contributed by atoms with Gasteiger partial charge in [0.05, 0.1) is 0 Å². The molecule has 2 aromatic carbocycles. The third-order valence-corrected chi connectivity index (χ3v) is 5.09. The molecule has 0 saturated heterocycles. The number of amides is 1. The van der Waals surface area contributed by atoms with Gasteiger partial charge >= 0.3 is 0 Å². The maximum atomic E-state index is 12.8. The monoisotopic (exact) mass is 388 g/mol. The van der Waals surface area contributed by atoms with Crippen LogP contribution in [0, 0.1) is 6.92 Å². The van der Waals surface area contributed by atoms with Crippen LogP contribution < -0.4 is 15.1 Å². The van der Waals surface area contributed by atoms with Crippen LogP contribution in [0.3, 0.4) is 0 Å². The molecular formula is C24H28N4O. The van der Waals surface area contributed by atoms with Crippen LogP contribution in [-0.2, 0) is 0 Å². The van der Waals surface area contributed by atoms with E-state index in [1.807, 2.05) is 73.5 Å². The largest absolute Gasteiger partial charge is 0.372 e. The highest BCUT2D eigenvalue weighted by Crippen LogP contribution is 2.25. The third-order valence-electron chi connectivity index (χ3n) is 5.09.